The summed E-state index contributed by atoms with van der Waals surface area (Å²) in [4.78, 5) is 14.3. The van der Waals surface area contributed by atoms with Crippen molar-refractivity contribution >= 4 is 21.8 Å². The van der Waals surface area contributed by atoms with Gasteiger partial charge in [-0.2, -0.15) is 10.2 Å². The number of hydrogen-bond donors (Lipinski definition) is 0. The van der Waals surface area contributed by atoms with Gasteiger partial charge in [0.05, 0.1) is 15.9 Å². The van der Waals surface area contributed by atoms with Crippen LogP contribution in [0, 0.1) is 13.8 Å². The molecule has 0 aliphatic heterocycles. The lowest BCUT2D eigenvalue weighted by Gasteiger charge is -2.21. The van der Waals surface area contributed by atoms with Crippen LogP contribution in [-0.2, 0) is 17.9 Å². The number of halogens is 1. The molecule has 0 aliphatic rings. The Labute approximate surface area is 139 Å². The van der Waals surface area contributed by atoms with E-state index in [9.17, 15) is 4.79 Å². The molecule has 0 bridgehead atoms. The second-order valence-corrected chi connectivity index (χ2v) is 6.36. The Morgan fingerprint density at radius 1 is 1.32 bits per heavy atom. The highest BCUT2D eigenvalue weighted by Crippen LogP contribution is 2.18. The standard InChI is InChI=1S/C15H22BrN5O/c1-6-20-8-13(10(2)17-20)7-19(5)15(22)12(4)21-9-14(16)11(3)18-21/h8-9,12H,6-7H2,1-5H3/t12-/m0/s1. The Balaban J connectivity index is 2.09. The topological polar surface area (TPSA) is 56.0 Å². The quantitative estimate of drug-likeness (QED) is 0.816. The lowest BCUT2D eigenvalue weighted by Crippen LogP contribution is -2.33. The van der Waals surface area contributed by atoms with Crippen LogP contribution in [-0.4, -0.2) is 37.4 Å². The lowest BCUT2D eigenvalue weighted by molar-refractivity contribution is -0.133. The normalized spacial score (nSPS) is 12.5. The van der Waals surface area contributed by atoms with Crippen molar-refractivity contribution in [3.05, 3.63) is 33.8 Å². The van der Waals surface area contributed by atoms with Gasteiger partial charge in [0.2, 0.25) is 5.91 Å². The average Bonchev–Trinajstić information content (AvgIpc) is 3.01. The number of amides is 1. The molecule has 0 aliphatic carbocycles. The maximum absolute atomic E-state index is 12.6. The van der Waals surface area contributed by atoms with Gasteiger partial charge in [-0.3, -0.25) is 14.2 Å². The zero-order valence-corrected chi connectivity index (χ0v) is 15.3. The predicted molar refractivity (Wildman–Crippen MR) is 88.5 cm³/mol. The molecule has 2 aromatic rings. The highest BCUT2D eigenvalue weighted by atomic mass is 79.9. The fourth-order valence-corrected chi connectivity index (χ4v) is 2.59. The maximum Gasteiger partial charge on any atom is 0.247 e. The van der Waals surface area contributed by atoms with Gasteiger partial charge < -0.3 is 4.90 Å². The van der Waals surface area contributed by atoms with E-state index in [1.54, 1.807) is 9.58 Å². The van der Waals surface area contributed by atoms with Gasteiger partial charge in [-0.05, 0) is 43.6 Å². The van der Waals surface area contributed by atoms with E-state index in [0.717, 1.165) is 28.0 Å². The fraction of sp³-hybridized carbons (Fsp3) is 0.533. The van der Waals surface area contributed by atoms with Gasteiger partial charge in [-0.25, -0.2) is 0 Å². The van der Waals surface area contributed by atoms with E-state index in [-0.39, 0.29) is 11.9 Å². The zero-order valence-electron chi connectivity index (χ0n) is 13.7. The van der Waals surface area contributed by atoms with Gasteiger partial charge in [0, 0.05) is 38.1 Å². The van der Waals surface area contributed by atoms with Gasteiger partial charge in [0.15, 0.2) is 0 Å². The Morgan fingerprint density at radius 3 is 2.50 bits per heavy atom. The number of carbonyl (C=O) groups excluding carboxylic acids is 1. The van der Waals surface area contributed by atoms with Crippen molar-refractivity contribution in [3.63, 3.8) is 0 Å². The second-order valence-electron chi connectivity index (χ2n) is 5.51. The molecule has 0 fully saturated rings. The van der Waals surface area contributed by atoms with Crippen LogP contribution >= 0.6 is 15.9 Å². The molecule has 0 aromatic carbocycles. The van der Waals surface area contributed by atoms with E-state index < -0.39 is 0 Å². The SMILES string of the molecule is CCn1cc(CN(C)C(=O)[C@H](C)n2cc(Br)c(C)n2)c(C)n1. The summed E-state index contributed by atoms with van der Waals surface area (Å²) in [5, 5.41) is 8.78. The number of hydrogen-bond acceptors (Lipinski definition) is 3. The van der Waals surface area contributed by atoms with E-state index in [1.165, 1.54) is 0 Å². The van der Waals surface area contributed by atoms with Crippen LogP contribution in [0.25, 0.3) is 0 Å². The molecule has 7 heteroatoms. The molecular formula is C15H22BrN5O. The largest absolute Gasteiger partial charge is 0.339 e. The summed E-state index contributed by atoms with van der Waals surface area (Å²) in [6.07, 6.45) is 3.84. The van der Waals surface area contributed by atoms with E-state index >= 15 is 0 Å². The minimum atomic E-state index is -0.337. The van der Waals surface area contributed by atoms with Crippen molar-refractivity contribution in [2.75, 3.05) is 7.05 Å². The van der Waals surface area contributed by atoms with Crippen molar-refractivity contribution < 1.29 is 4.79 Å². The highest BCUT2D eigenvalue weighted by Gasteiger charge is 2.21. The molecule has 0 N–H and O–H groups in total. The van der Waals surface area contributed by atoms with E-state index in [0.29, 0.717) is 6.54 Å². The van der Waals surface area contributed by atoms with Crippen LogP contribution in [0.5, 0.6) is 0 Å². The van der Waals surface area contributed by atoms with Gasteiger partial charge in [-0.1, -0.05) is 0 Å². The molecule has 22 heavy (non-hydrogen) atoms. The summed E-state index contributed by atoms with van der Waals surface area (Å²) in [6.45, 7) is 9.16. The Hall–Kier alpha value is -1.63. The summed E-state index contributed by atoms with van der Waals surface area (Å²) in [5.74, 6) is 0.0265. The van der Waals surface area contributed by atoms with Crippen molar-refractivity contribution in [2.45, 2.75) is 46.8 Å². The van der Waals surface area contributed by atoms with Crippen molar-refractivity contribution in [2.24, 2.45) is 0 Å². The summed E-state index contributed by atoms with van der Waals surface area (Å²) < 4.78 is 4.50. The summed E-state index contributed by atoms with van der Waals surface area (Å²) in [7, 11) is 1.81. The summed E-state index contributed by atoms with van der Waals surface area (Å²) in [6, 6.07) is -0.337. The number of aromatic nitrogens is 4. The van der Waals surface area contributed by atoms with Crippen molar-refractivity contribution in [3.8, 4) is 0 Å². The molecule has 0 spiro atoms. The van der Waals surface area contributed by atoms with Crippen LogP contribution in [0.1, 0.15) is 36.8 Å². The predicted octanol–water partition coefficient (Wildman–Crippen LogP) is 2.70. The average molecular weight is 368 g/mol. The van der Waals surface area contributed by atoms with E-state index in [1.807, 2.05) is 51.8 Å². The first kappa shape index (κ1) is 16.7. The fourth-order valence-electron chi connectivity index (χ4n) is 2.30. The minimum Gasteiger partial charge on any atom is -0.339 e. The molecule has 1 amide bonds. The molecule has 120 valence electrons. The van der Waals surface area contributed by atoms with Gasteiger partial charge in [0.25, 0.3) is 0 Å². The van der Waals surface area contributed by atoms with Crippen molar-refractivity contribution in [1.82, 2.24) is 24.5 Å². The maximum atomic E-state index is 12.6. The van der Waals surface area contributed by atoms with Gasteiger partial charge >= 0.3 is 0 Å². The first-order valence-corrected chi connectivity index (χ1v) is 8.12. The van der Waals surface area contributed by atoms with Crippen molar-refractivity contribution in [1.29, 1.82) is 0 Å². The first-order valence-electron chi connectivity index (χ1n) is 7.32. The van der Waals surface area contributed by atoms with Crippen LogP contribution < -0.4 is 0 Å². The second kappa shape index (κ2) is 6.64. The Kier molecular flexibility index (Phi) is 5.05. The lowest BCUT2D eigenvalue weighted by atomic mass is 10.2. The van der Waals surface area contributed by atoms with Gasteiger partial charge in [-0.15, -0.1) is 0 Å². The zero-order chi connectivity index (χ0) is 16.4. The number of nitrogens with zero attached hydrogens (tertiary/aromatic N) is 5. The highest BCUT2D eigenvalue weighted by molar-refractivity contribution is 9.10. The minimum absolute atomic E-state index is 0.0265. The Morgan fingerprint density at radius 2 is 2.00 bits per heavy atom. The molecule has 0 saturated heterocycles. The number of aryl methyl sites for hydroxylation is 3. The molecule has 0 radical (unpaired) electrons. The van der Waals surface area contributed by atoms with Crippen LogP contribution in [0.15, 0.2) is 16.9 Å². The number of carbonyl (C=O) groups is 1. The smallest absolute Gasteiger partial charge is 0.247 e. The first-order chi connectivity index (χ1) is 10.3. The molecule has 2 heterocycles. The third-order valence-electron chi connectivity index (χ3n) is 3.77. The van der Waals surface area contributed by atoms with Gasteiger partial charge in [0.1, 0.15) is 6.04 Å². The molecular weight excluding hydrogens is 346 g/mol. The monoisotopic (exact) mass is 367 g/mol. The van der Waals surface area contributed by atoms with Crippen LogP contribution in [0.4, 0.5) is 0 Å². The number of rotatable bonds is 5. The van der Waals surface area contributed by atoms with Crippen LogP contribution in [0.3, 0.4) is 0 Å². The number of likely N-dealkylation sites (N-methyl/N-ethyl adjacent to an activating group) is 1. The Bertz CT molecular complexity index is 656. The third-order valence-corrected chi connectivity index (χ3v) is 4.55. The van der Waals surface area contributed by atoms with E-state index in [2.05, 4.69) is 26.1 Å². The third kappa shape index (κ3) is 3.40. The molecule has 0 unspecified atom stereocenters. The molecule has 1 atom stereocenters. The van der Waals surface area contributed by atoms with Crippen LogP contribution in [0.2, 0.25) is 0 Å². The van der Waals surface area contributed by atoms with E-state index in [4.69, 9.17) is 0 Å². The molecule has 0 saturated carbocycles. The molecule has 2 aromatic heterocycles. The molecule has 6 nitrogen and oxygen atoms in total. The summed E-state index contributed by atoms with van der Waals surface area (Å²) in [5.41, 5.74) is 2.91. The summed E-state index contributed by atoms with van der Waals surface area (Å²) >= 11 is 3.43. The molecule has 2 rings (SSSR count).